The Morgan fingerprint density at radius 3 is 3.19 bits per heavy atom. The Morgan fingerprint density at radius 1 is 1.62 bits per heavy atom. The Hall–Kier alpha value is -1.36. The van der Waals surface area contributed by atoms with Crippen LogP contribution in [0.1, 0.15) is 19.3 Å². The zero-order chi connectivity index (χ0) is 11.5. The molecule has 16 heavy (non-hydrogen) atoms. The van der Waals surface area contributed by atoms with Crippen molar-refractivity contribution in [3.63, 3.8) is 0 Å². The summed E-state index contributed by atoms with van der Waals surface area (Å²) in [5.74, 6) is 0.627. The summed E-state index contributed by atoms with van der Waals surface area (Å²) in [6.07, 6.45) is 6.33. The smallest absolute Gasteiger partial charge is 0.293 e. The van der Waals surface area contributed by atoms with Crippen molar-refractivity contribution in [3.05, 3.63) is 22.7 Å². The molecule has 2 atom stereocenters. The molecule has 5 heteroatoms. The maximum Gasteiger partial charge on any atom is 0.293 e. The maximum atomic E-state index is 11.7. The summed E-state index contributed by atoms with van der Waals surface area (Å²) in [7, 11) is 1.70. The fraction of sp³-hybridized carbons (Fsp3) is 0.636. The van der Waals surface area contributed by atoms with Crippen LogP contribution in [0.2, 0.25) is 0 Å². The lowest BCUT2D eigenvalue weighted by Gasteiger charge is -2.19. The van der Waals surface area contributed by atoms with E-state index in [1.165, 1.54) is 4.57 Å². The molecule has 2 N–H and O–H groups in total. The molecule has 1 saturated carbocycles. The molecule has 88 valence electrons. The number of nitrogens with one attached hydrogen (secondary N) is 1. The Kier molecular flexibility index (Phi) is 3.24. The lowest BCUT2D eigenvalue weighted by atomic mass is 10.1. The zero-order valence-electron chi connectivity index (χ0n) is 9.39. The van der Waals surface area contributed by atoms with Gasteiger partial charge in [0.15, 0.2) is 5.82 Å². The van der Waals surface area contributed by atoms with Crippen LogP contribution < -0.4 is 10.9 Å². The molecule has 2 unspecified atom stereocenters. The number of aliphatic hydroxyl groups is 1. The number of anilines is 1. The van der Waals surface area contributed by atoms with E-state index >= 15 is 0 Å². The quantitative estimate of drug-likeness (QED) is 0.776. The van der Waals surface area contributed by atoms with E-state index in [0.29, 0.717) is 5.82 Å². The maximum absolute atomic E-state index is 11.7. The SMILES string of the molecule is Cn1ccnc(NC2CCCC2CO)c1=O. The van der Waals surface area contributed by atoms with E-state index in [9.17, 15) is 9.90 Å². The molecule has 0 radical (unpaired) electrons. The number of hydrogen-bond donors (Lipinski definition) is 2. The minimum absolute atomic E-state index is 0.119. The summed E-state index contributed by atoms with van der Waals surface area (Å²) in [6, 6.07) is 0.174. The first-order chi connectivity index (χ1) is 7.72. The van der Waals surface area contributed by atoms with Crippen molar-refractivity contribution in [3.8, 4) is 0 Å². The van der Waals surface area contributed by atoms with Gasteiger partial charge in [-0.1, -0.05) is 6.42 Å². The van der Waals surface area contributed by atoms with Crippen molar-refractivity contribution in [2.24, 2.45) is 13.0 Å². The van der Waals surface area contributed by atoms with E-state index < -0.39 is 0 Å². The van der Waals surface area contributed by atoms with Gasteiger partial charge in [-0.3, -0.25) is 4.79 Å². The molecule has 1 aromatic rings. The third kappa shape index (κ3) is 2.09. The normalized spacial score (nSPS) is 24.6. The molecular formula is C11H17N3O2. The number of aryl methyl sites for hydroxylation is 1. The van der Waals surface area contributed by atoms with Crippen molar-refractivity contribution in [2.75, 3.05) is 11.9 Å². The highest BCUT2D eigenvalue weighted by Gasteiger charge is 2.27. The second kappa shape index (κ2) is 4.65. The highest BCUT2D eigenvalue weighted by atomic mass is 16.3. The molecule has 1 heterocycles. The molecule has 0 bridgehead atoms. The van der Waals surface area contributed by atoms with Crippen LogP contribution >= 0.6 is 0 Å². The van der Waals surface area contributed by atoms with Gasteiger partial charge in [-0.25, -0.2) is 4.98 Å². The second-order valence-corrected chi connectivity index (χ2v) is 4.32. The molecule has 0 aliphatic heterocycles. The first kappa shape index (κ1) is 11.1. The van der Waals surface area contributed by atoms with Gasteiger partial charge in [0.05, 0.1) is 0 Å². The Labute approximate surface area is 94.1 Å². The Morgan fingerprint density at radius 2 is 2.44 bits per heavy atom. The highest BCUT2D eigenvalue weighted by molar-refractivity contribution is 5.32. The van der Waals surface area contributed by atoms with Gasteiger partial charge in [0.1, 0.15) is 0 Å². The van der Waals surface area contributed by atoms with Gasteiger partial charge < -0.3 is 15.0 Å². The van der Waals surface area contributed by atoms with Crippen LogP contribution in [0.5, 0.6) is 0 Å². The molecule has 1 aliphatic carbocycles. The van der Waals surface area contributed by atoms with Crippen molar-refractivity contribution >= 4 is 5.82 Å². The Bertz CT molecular complexity index is 416. The predicted octanol–water partition coefficient (Wildman–Crippen LogP) is 0.353. The molecule has 1 aliphatic rings. The average molecular weight is 223 g/mol. The van der Waals surface area contributed by atoms with Gasteiger partial charge in [0.25, 0.3) is 5.56 Å². The van der Waals surface area contributed by atoms with E-state index in [0.717, 1.165) is 19.3 Å². The summed E-state index contributed by atoms with van der Waals surface area (Å²) in [4.78, 5) is 15.8. The minimum Gasteiger partial charge on any atom is -0.396 e. The van der Waals surface area contributed by atoms with Gasteiger partial charge in [0, 0.05) is 38.0 Å². The first-order valence-corrected chi connectivity index (χ1v) is 5.61. The molecule has 2 rings (SSSR count). The monoisotopic (exact) mass is 223 g/mol. The highest BCUT2D eigenvalue weighted by Crippen LogP contribution is 2.26. The predicted molar refractivity (Wildman–Crippen MR) is 61.3 cm³/mol. The van der Waals surface area contributed by atoms with Crippen LogP contribution in [-0.4, -0.2) is 27.3 Å². The molecular weight excluding hydrogens is 206 g/mol. The lowest BCUT2D eigenvalue weighted by molar-refractivity contribution is 0.222. The number of nitrogens with zero attached hydrogens (tertiary/aromatic N) is 2. The van der Waals surface area contributed by atoms with Gasteiger partial charge in [-0.05, 0) is 12.8 Å². The zero-order valence-corrected chi connectivity index (χ0v) is 9.39. The van der Waals surface area contributed by atoms with E-state index in [4.69, 9.17) is 0 Å². The third-order valence-electron chi connectivity index (χ3n) is 3.23. The fourth-order valence-corrected chi connectivity index (χ4v) is 2.22. The van der Waals surface area contributed by atoms with E-state index in [-0.39, 0.29) is 24.1 Å². The summed E-state index contributed by atoms with van der Waals surface area (Å²) >= 11 is 0. The summed E-state index contributed by atoms with van der Waals surface area (Å²) in [6.45, 7) is 0.171. The van der Waals surface area contributed by atoms with Crippen molar-refractivity contribution in [1.29, 1.82) is 0 Å². The van der Waals surface area contributed by atoms with Crippen LogP contribution in [0.3, 0.4) is 0 Å². The van der Waals surface area contributed by atoms with Crippen molar-refractivity contribution < 1.29 is 5.11 Å². The van der Waals surface area contributed by atoms with Crippen LogP contribution in [0.4, 0.5) is 5.82 Å². The molecule has 0 amide bonds. The number of hydrogen-bond acceptors (Lipinski definition) is 4. The van der Waals surface area contributed by atoms with Gasteiger partial charge in [-0.15, -0.1) is 0 Å². The fourth-order valence-electron chi connectivity index (χ4n) is 2.22. The van der Waals surface area contributed by atoms with E-state index in [1.54, 1.807) is 19.4 Å². The summed E-state index contributed by atoms with van der Waals surface area (Å²) < 4.78 is 1.50. The molecule has 0 saturated heterocycles. The van der Waals surface area contributed by atoms with Crippen LogP contribution in [0.25, 0.3) is 0 Å². The van der Waals surface area contributed by atoms with Crippen molar-refractivity contribution in [1.82, 2.24) is 9.55 Å². The van der Waals surface area contributed by atoms with Gasteiger partial charge >= 0.3 is 0 Å². The van der Waals surface area contributed by atoms with Crippen LogP contribution in [-0.2, 0) is 7.05 Å². The van der Waals surface area contributed by atoms with Crippen LogP contribution in [0.15, 0.2) is 17.2 Å². The van der Waals surface area contributed by atoms with Crippen LogP contribution in [0, 0.1) is 5.92 Å². The second-order valence-electron chi connectivity index (χ2n) is 4.32. The molecule has 1 fully saturated rings. The standard InChI is InChI=1S/C11H17N3O2/c1-14-6-5-12-10(11(14)16)13-9-4-2-3-8(9)7-15/h5-6,8-9,15H,2-4,7H2,1H3,(H,12,13). The average Bonchev–Trinajstić information content (AvgIpc) is 2.72. The molecule has 1 aromatic heterocycles. The summed E-state index contributed by atoms with van der Waals surface area (Å²) in [5, 5.41) is 12.3. The first-order valence-electron chi connectivity index (χ1n) is 5.61. The third-order valence-corrected chi connectivity index (χ3v) is 3.23. The minimum atomic E-state index is -0.119. The topological polar surface area (TPSA) is 67.2 Å². The molecule has 0 spiro atoms. The van der Waals surface area contributed by atoms with Gasteiger partial charge in [-0.2, -0.15) is 0 Å². The van der Waals surface area contributed by atoms with E-state index in [2.05, 4.69) is 10.3 Å². The Balaban J connectivity index is 2.15. The largest absolute Gasteiger partial charge is 0.396 e. The molecule has 0 aromatic carbocycles. The lowest BCUT2D eigenvalue weighted by Crippen LogP contribution is -2.31. The van der Waals surface area contributed by atoms with E-state index in [1.807, 2.05) is 0 Å². The summed E-state index contributed by atoms with van der Waals surface area (Å²) in [5.41, 5.74) is -0.119. The van der Waals surface area contributed by atoms with Crippen molar-refractivity contribution in [2.45, 2.75) is 25.3 Å². The number of aliphatic hydroxyl groups excluding tert-OH is 1. The number of rotatable bonds is 3. The molecule has 5 nitrogen and oxygen atoms in total. The number of aromatic nitrogens is 2. The van der Waals surface area contributed by atoms with Gasteiger partial charge in [0.2, 0.25) is 0 Å².